The van der Waals surface area contributed by atoms with Crippen LogP contribution in [0.1, 0.15) is 35.3 Å². The lowest BCUT2D eigenvalue weighted by atomic mass is 9.75. The minimum atomic E-state index is -0.140. The number of para-hydroxylation sites is 1. The predicted molar refractivity (Wildman–Crippen MR) is 135 cm³/mol. The number of hydrogen-bond acceptors (Lipinski definition) is 4. The molecule has 1 saturated heterocycles. The summed E-state index contributed by atoms with van der Waals surface area (Å²) in [5, 5.41) is 2.17. The average molecular weight is 463 g/mol. The number of benzene rings is 2. The minimum absolute atomic E-state index is 0.140. The third kappa shape index (κ3) is 6.46. The molecule has 0 unspecified atom stereocenters. The molecule has 4 nitrogen and oxygen atoms in total. The van der Waals surface area contributed by atoms with Crippen molar-refractivity contribution in [2.45, 2.75) is 39.3 Å². The quantitative estimate of drug-likeness (QED) is 0.405. The normalized spacial score (nSPS) is 15.8. The summed E-state index contributed by atoms with van der Waals surface area (Å²) in [7, 11) is 1.91. The number of rotatable bonds is 9. The Labute approximate surface area is 201 Å². The first-order valence-electron chi connectivity index (χ1n) is 11.7. The largest absolute Gasteiger partial charge is 0.493 e. The van der Waals surface area contributed by atoms with E-state index >= 15 is 0 Å². The number of carbonyl (C=O) groups is 1. The van der Waals surface area contributed by atoms with Crippen LogP contribution in [0, 0.1) is 12.3 Å². The van der Waals surface area contributed by atoms with E-state index in [0.717, 1.165) is 43.8 Å². The molecule has 5 heteroatoms. The first-order valence-corrected chi connectivity index (χ1v) is 12.6. The molecule has 3 aromatic rings. The van der Waals surface area contributed by atoms with Gasteiger partial charge in [-0.05, 0) is 67.6 Å². The summed E-state index contributed by atoms with van der Waals surface area (Å²) in [5.41, 5.74) is 2.39. The molecule has 0 saturated carbocycles. The van der Waals surface area contributed by atoms with Gasteiger partial charge in [0, 0.05) is 36.9 Å². The number of nitrogens with zero attached hydrogens (tertiary/aromatic N) is 2. The van der Waals surface area contributed by atoms with Gasteiger partial charge in [0.25, 0.3) is 0 Å². The van der Waals surface area contributed by atoms with E-state index in [-0.39, 0.29) is 11.3 Å². The number of aryl methyl sites for hydroxylation is 1. The van der Waals surface area contributed by atoms with E-state index in [9.17, 15) is 4.79 Å². The SMILES string of the molecule is Cc1ccsc1CN1CCC(COc2ccccc2)(CC(=O)N(C)Cc2ccccc2)CC1. The fourth-order valence-electron chi connectivity index (χ4n) is 4.48. The maximum atomic E-state index is 13.3. The van der Waals surface area contributed by atoms with E-state index in [1.54, 1.807) is 0 Å². The Bertz CT molecular complexity index is 1010. The molecule has 1 amide bonds. The highest BCUT2D eigenvalue weighted by Gasteiger charge is 2.38. The van der Waals surface area contributed by atoms with Crippen molar-refractivity contribution in [3.05, 3.63) is 88.1 Å². The van der Waals surface area contributed by atoms with Crippen molar-refractivity contribution < 1.29 is 9.53 Å². The monoisotopic (exact) mass is 462 g/mol. The van der Waals surface area contributed by atoms with Gasteiger partial charge in [0.05, 0.1) is 6.61 Å². The summed E-state index contributed by atoms with van der Waals surface area (Å²) in [6.45, 7) is 6.39. The number of amides is 1. The van der Waals surface area contributed by atoms with Crippen LogP contribution < -0.4 is 4.74 Å². The van der Waals surface area contributed by atoms with Crippen LogP contribution in [0.5, 0.6) is 5.75 Å². The van der Waals surface area contributed by atoms with Gasteiger partial charge in [-0.15, -0.1) is 11.3 Å². The number of carbonyl (C=O) groups excluding carboxylic acids is 1. The maximum Gasteiger partial charge on any atom is 0.223 e. The molecule has 1 fully saturated rings. The van der Waals surface area contributed by atoms with E-state index in [1.807, 2.05) is 71.8 Å². The van der Waals surface area contributed by atoms with E-state index in [4.69, 9.17) is 4.74 Å². The van der Waals surface area contributed by atoms with Gasteiger partial charge in [-0.1, -0.05) is 48.5 Å². The standard InChI is InChI=1S/C28H34N2O2S/c1-23-13-18-33-26(23)21-30-16-14-28(15-17-30,22-32-25-11-7-4-8-12-25)19-27(31)29(2)20-24-9-5-3-6-10-24/h3-13,18H,14-17,19-22H2,1-2H3. The van der Waals surface area contributed by atoms with Crippen molar-refractivity contribution in [1.82, 2.24) is 9.80 Å². The summed E-state index contributed by atoms with van der Waals surface area (Å²) >= 11 is 1.84. The van der Waals surface area contributed by atoms with Crippen LogP contribution in [-0.2, 0) is 17.9 Å². The Hall–Kier alpha value is -2.63. The van der Waals surface area contributed by atoms with E-state index in [1.165, 1.54) is 10.4 Å². The van der Waals surface area contributed by atoms with Gasteiger partial charge in [0.1, 0.15) is 5.75 Å². The van der Waals surface area contributed by atoms with E-state index in [0.29, 0.717) is 19.6 Å². The van der Waals surface area contributed by atoms with E-state index in [2.05, 4.69) is 35.4 Å². The van der Waals surface area contributed by atoms with Gasteiger partial charge in [0.15, 0.2) is 0 Å². The fraction of sp³-hybridized carbons (Fsp3) is 0.393. The second-order valence-corrected chi connectivity index (χ2v) is 10.3. The first-order chi connectivity index (χ1) is 16.0. The lowest BCUT2D eigenvalue weighted by Crippen LogP contribution is -2.45. The number of ether oxygens (including phenoxy) is 1. The minimum Gasteiger partial charge on any atom is -0.493 e. The van der Waals surface area contributed by atoms with Crippen molar-refractivity contribution >= 4 is 17.2 Å². The van der Waals surface area contributed by atoms with Gasteiger partial charge in [-0.2, -0.15) is 0 Å². The molecule has 1 aliphatic heterocycles. The van der Waals surface area contributed by atoms with Crippen LogP contribution in [0.15, 0.2) is 72.1 Å². The van der Waals surface area contributed by atoms with Gasteiger partial charge in [0.2, 0.25) is 5.91 Å². The van der Waals surface area contributed by atoms with Crippen LogP contribution in [-0.4, -0.2) is 42.5 Å². The average Bonchev–Trinajstić information content (AvgIpc) is 3.25. The first kappa shape index (κ1) is 23.5. The molecule has 0 atom stereocenters. The predicted octanol–water partition coefficient (Wildman–Crippen LogP) is 5.77. The number of piperidine rings is 1. The topological polar surface area (TPSA) is 32.8 Å². The number of thiophene rings is 1. The van der Waals surface area contributed by atoms with Crippen molar-refractivity contribution in [2.24, 2.45) is 5.41 Å². The van der Waals surface area contributed by atoms with Gasteiger partial charge >= 0.3 is 0 Å². The highest BCUT2D eigenvalue weighted by molar-refractivity contribution is 7.10. The third-order valence-corrected chi connectivity index (χ3v) is 7.76. The Morgan fingerprint density at radius 1 is 1.03 bits per heavy atom. The lowest BCUT2D eigenvalue weighted by Gasteiger charge is -2.42. The van der Waals surface area contributed by atoms with Crippen LogP contribution in [0.4, 0.5) is 0 Å². The molecule has 2 heterocycles. The molecule has 0 bridgehead atoms. The summed E-state index contributed by atoms with van der Waals surface area (Å²) in [4.78, 5) is 19.1. The zero-order chi connectivity index (χ0) is 23.1. The Morgan fingerprint density at radius 2 is 1.70 bits per heavy atom. The zero-order valence-electron chi connectivity index (χ0n) is 19.7. The summed E-state index contributed by atoms with van der Waals surface area (Å²) in [6.07, 6.45) is 2.46. The molecule has 0 radical (unpaired) electrons. The molecule has 174 valence electrons. The molecule has 1 aliphatic rings. The van der Waals surface area contributed by atoms with Gasteiger partial charge in [-0.25, -0.2) is 0 Å². The Kier molecular flexibility index (Phi) is 7.84. The van der Waals surface area contributed by atoms with Crippen LogP contribution in [0.3, 0.4) is 0 Å². The second kappa shape index (κ2) is 11.0. The molecular formula is C28H34N2O2S. The zero-order valence-corrected chi connectivity index (χ0v) is 20.5. The van der Waals surface area contributed by atoms with Crippen molar-refractivity contribution in [3.63, 3.8) is 0 Å². The highest BCUT2D eigenvalue weighted by atomic mass is 32.1. The van der Waals surface area contributed by atoms with E-state index < -0.39 is 0 Å². The summed E-state index contributed by atoms with van der Waals surface area (Å²) in [6, 6.07) is 22.4. The summed E-state index contributed by atoms with van der Waals surface area (Å²) < 4.78 is 6.22. The molecule has 0 aliphatic carbocycles. The van der Waals surface area contributed by atoms with Gasteiger partial charge < -0.3 is 9.64 Å². The molecule has 1 aromatic heterocycles. The molecule has 2 aromatic carbocycles. The van der Waals surface area contributed by atoms with Crippen LogP contribution >= 0.6 is 11.3 Å². The Morgan fingerprint density at radius 3 is 2.33 bits per heavy atom. The van der Waals surface area contributed by atoms with Crippen LogP contribution in [0.25, 0.3) is 0 Å². The summed E-state index contributed by atoms with van der Waals surface area (Å²) in [5.74, 6) is 1.07. The fourth-order valence-corrected chi connectivity index (χ4v) is 5.43. The van der Waals surface area contributed by atoms with Crippen LogP contribution in [0.2, 0.25) is 0 Å². The smallest absolute Gasteiger partial charge is 0.223 e. The number of likely N-dealkylation sites (tertiary alicyclic amines) is 1. The number of hydrogen-bond donors (Lipinski definition) is 0. The van der Waals surface area contributed by atoms with Gasteiger partial charge in [-0.3, -0.25) is 9.69 Å². The highest BCUT2D eigenvalue weighted by Crippen LogP contribution is 2.37. The molecular weight excluding hydrogens is 428 g/mol. The lowest BCUT2D eigenvalue weighted by molar-refractivity contribution is -0.134. The molecule has 4 rings (SSSR count). The van der Waals surface area contributed by atoms with Crippen molar-refractivity contribution in [2.75, 3.05) is 26.7 Å². The molecule has 33 heavy (non-hydrogen) atoms. The van der Waals surface area contributed by atoms with Crippen molar-refractivity contribution in [1.29, 1.82) is 0 Å². The molecule has 0 N–H and O–H groups in total. The maximum absolute atomic E-state index is 13.3. The Balaban J connectivity index is 1.41. The second-order valence-electron chi connectivity index (χ2n) is 9.32. The third-order valence-electron chi connectivity index (χ3n) is 6.75. The molecule has 0 spiro atoms. The van der Waals surface area contributed by atoms with Crippen molar-refractivity contribution in [3.8, 4) is 5.75 Å².